The molecule has 1 rings (SSSR count). The molecule has 0 saturated carbocycles. The van der Waals surface area contributed by atoms with E-state index in [1.165, 1.54) is 6.08 Å². The molecule has 0 radical (unpaired) electrons. The molecule has 0 bridgehead atoms. The smallest absolute Gasteiger partial charge is 0.204 e. The number of furan rings is 1. The highest BCUT2D eigenvalue weighted by Crippen LogP contribution is 2.35. The standard InChI is InChI=1S/C7H8O3/c1-3-5-7(9)6(8)4(2)10-5/h3,8-9H,1H2,2H3. The van der Waals surface area contributed by atoms with Crippen LogP contribution in [0.4, 0.5) is 0 Å². The Kier molecular flexibility index (Phi) is 1.41. The van der Waals surface area contributed by atoms with E-state index in [1.807, 2.05) is 0 Å². The van der Waals surface area contributed by atoms with Gasteiger partial charge < -0.3 is 14.6 Å². The molecule has 0 spiro atoms. The van der Waals surface area contributed by atoms with E-state index in [-0.39, 0.29) is 17.3 Å². The van der Waals surface area contributed by atoms with Gasteiger partial charge in [0.2, 0.25) is 5.75 Å². The lowest BCUT2D eigenvalue weighted by atomic mass is 10.3. The Morgan fingerprint density at radius 2 is 2.00 bits per heavy atom. The summed E-state index contributed by atoms with van der Waals surface area (Å²) in [6, 6.07) is 0. The van der Waals surface area contributed by atoms with Crippen LogP contribution in [0.25, 0.3) is 6.08 Å². The van der Waals surface area contributed by atoms with Crippen molar-refractivity contribution in [1.82, 2.24) is 0 Å². The molecule has 54 valence electrons. The van der Waals surface area contributed by atoms with Crippen molar-refractivity contribution in [2.24, 2.45) is 0 Å². The second-order valence-electron chi connectivity index (χ2n) is 1.92. The predicted molar refractivity (Wildman–Crippen MR) is 36.9 cm³/mol. The molecule has 0 aliphatic heterocycles. The summed E-state index contributed by atoms with van der Waals surface area (Å²) in [5.74, 6) is 0.0461. The lowest BCUT2D eigenvalue weighted by Crippen LogP contribution is -1.61. The molecule has 1 aromatic rings. The van der Waals surface area contributed by atoms with Crippen molar-refractivity contribution in [3.8, 4) is 11.5 Å². The fourth-order valence-electron chi connectivity index (χ4n) is 0.683. The zero-order valence-electron chi connectivity index (χ0n) is 5.59. The van der Waals surface area contributed by atoms with Gasteiger partial charge in [-0.05, 0) is 13.0 Å². The van der Waals surface area contributed by atoms with Crippen LogP contribution in [0.2, 0.25) is 0 Å². The van der Waals surface area contributed by atoms with E-state index in [0.29, 0.717) is 5.76 Å². The van der Waals surface area contributed by atoms with Crippen molar-refractivity contribution >= 4 is 6.08 Å². The second kappa shape index (κ2) is 2.10. The van der Waals surface area contributed by atoms with Gasteiger partial charge in [0.1, 0.15) is 5.76 Å². The lowest BCUT2D eigenvalue weighted by molar-refractivity contribution is 0.404. The minimum absolute atomic E-state index is 0.204. The van der Waals surface area contributed by atoms with Crippen LogP contribution >= 0.6 is 0 Å². The topological polar surface area (TPSA) is 53.6 Å². The molecule has 3 heteroatoms. The van der Waals surface area contributed by atoms with Gasteiger partial charge in [-0.2, -0.15) is 0 Å². The first kappa shape index (κ1) is 6.74. The molecule has 0 amide bonds. The second-order valence-corrected chi connectivity index (χ2v) is 1.92. The molecule has 0 saturated heterocycles. The summed E-state index contributed by atoms with van der Waals surface area (Å²) >= 11 is 0. The minimum Gasteiger partial charge on any atom is -0.502 e. The summed E-state index contributed by atoms with van der Waals surface area (Å²) in [4.78, 5) is 0. The van der Waals surface area contributed by atoms with Crippen LogP contribution in [-0.4, -0.2) is 10.2 Å². The van der Waals surface area contributed by atoms with Crippen molar-refractivity contribution < 1.29 is 14.6 Å². The summed E-state index contributed by atoms with van der Waals surface area (Å²) < 4.78 is 4.88. The maximum Gasteiger partial charge on any atom is 0.204 e. The first-order chi connectivity index (χ1) is 4.66. The fourth-order valence-corrected chi connectivity index (χ4v) is 0.683. The zero-order valence-corrected chi connectivity index (χ0v) is 5.59. The SMILES string of the molecule is C=Cc1oc(C)c(O)c1O. The van der Waals surface area contributed by atoms with Gasteiger partial charge >= 0.3 is 0 Å². The van der Waals surface area contributed by atoms with Crippen molar-refractivity contribution in [3.05, 3.63) is 18.1 Å². The van der Waals surface area contributed by atoms with Crippen LogP contribution in [0.3, 0.4) is 0 Å². The molecule has 1 heterocycles. The van der Waals surface area contributed by atoms with Gasteiger partial charge in [-0.3, -0.25) is 0 Å². The third-order valence-corrected chi connectivity index (χ3v) is 1.24. The van der Waals surface area contributed by atoms with Crippen LogP contribution in [0.1, 0.15) is 11.5 Å². The Morgan fingerprint density at radius 3 is 2.20 bits per heavy atom. The van der Waals surface area contributed by atoms with Crippen LogP contribution in [-0.2, 0) is 0 Å². The molecule has 0 aromatic carbocycles. The third kappa shape index (κ3) is 0.757. The van der Waals surface area contributed by atoms with E-state index in [1.54, 1.807) is 6.92 Å². The van der Waals surface area contributed by atoms with Gasteiger partial charge in [0, 0.05) is 0 Å². The Labute approximate surface area is 58.2 Å². The normalized spacial score (nSPS) is 9.70. The molecule has 1 aromatic heterocycles. The third-order valence-electron chi connectivity index (χ3n) is 1.24. The largest absolute Gasteiger partial charge is 0.502 e. The Morgan fingerprint density at radius 1 is 1.40 bits per heavy atom. The Bertz CT molecular complexity index is 260. The minimum atomic E-state index is -0.243. The highest BCUT2D eigenvalue weighted by molar-refractivity contribution is 5.56. The van der Waals surface area contributed by atoms with Crippen molar-refractivity contribution in [2.45, 2.75) is 6.92 Å². The van der Waals surface area contributed by atoms with Gasteiger partial charge in [-0.1, -0.05) is 6.58 Å². The summed E-state index contributed by atoms with van der Waals surface area (Å²) in [6.45, 7) is 4.94. The van der Waals surface area contributed by atoms with Crippen LogP contribution in [0.15, 0.2) is 11.0 Å². The van der Waals surface area contributed by atoms with Gasteiger partial charge in [0.15, 0.2) is 11.5 Å². The van der Waals surface area contributed by atoms with Crippen molar-refractivity contribution in [2.75, 3.05) is 0 Å². The van der Waals surface area contributed by atoms with Gasteiger partial charge in [0.25, 0.3) is 0 Å². The molecule has 0 unspecified atom stereocenters. The van der Waals surface area contributed by atoms with E-state index in [4.69, 9.17) is 14.6 Å². The molecule has 2 N–H and O–H groups in total. The molecule has 3 nitrogen and oxygen atoms in total. The van der Waals surface area contributed by atoms with E-state index < -0.39 is 0 Å². The average molecular weight is 140 g/mol. The van der Waals surface area contributed by atoms with E-state index >= 15 is 0 Å². The number of aryl methyl sites for hydroxylation is 1. The van der Waals surface area contributed by atoms with Crippen LogP contribution in [0.5, 0.6) is 11.5 Å². The van der Waals surface area contributed by atoms with E-state index in [0.717, 1.165) is 0 Å². The molecular weight excluding hydrogens is 132 g/mol. The maximum atomic E-state index is 9.00. The highest BCUT2D eigenvalue weighted by atomic mass is 16.4. The van der Waals surface area contributed by atoms with E-state index in [9.17, 15) is 0 Å². The van der Waals surface area contributed by atoms with Crippen LogP contribution < -0.4 is 0 Å². The van der Waals surface area contributed by atoms with Crippen molar-refractivity contribution in [1.29, 1.82) is 0 Å². The summed E-state index contributed by atoms with van der Waals surface area (Å²) in [5.41, 5.74) is 0. The van der Waals surface area contributed by atoms with Gasteiger partial charge in [0.05, 0.1) is 0 Å². The molecule has 0 aliphatic carbocycles. The summed E-state index contributed by atoms with van der Waals surface area (Å²) in [5, 5.41) is 18.0. The lowest BCUT2D eigenvalue weighted by Gasteiger charge is -1.84. The highest BCUT2D eigenvalue weighted by Gasteiger charge is 2.12. The quantitative estimate of drug-likeness (QED) is 0.623. The van der Waals surface area contributed by atoms with E-state index in [2.05, 4.69) is 6.58 Å². The maximum absolute atomic E-state index is 9.00. The van der Waals surface area contributed by atoms with Gasteiger partial charge in [-0.15, -0.1) is 0 Å². The molecule has 0 aliphatic rings. The molecular formula is C7H8O3. The monoisotopic (exact) mass is 140 g/mol. The Hall–Kier alpha value is -1.38. The fraction of sp³-hybridized carbons (Fsp3) is 0.143. The summed E-state index contributed by atoms with van der Waals surface area (Å²) in [6.07, 6.45) is 1.34. The number of rotatable bonds is 1. The Balaban J connectivity index is 3.30. The number of hydrogen-bond donors (Lipinski definition) is 2. The molecule has 0 atom stereocenters. The van der Waals surface area contributed by atoms with Gasteiger partial charge in [-0.25, -0.2) is 0 Å². The predicted octanol–water partition coefficient (Wildman–Crippen LogP) is 1.64. The summed E-state index contributed by atoms with van der Waals surface area (Å²) in [7, 11) is 0. The zero-order chi connectivity index (χ0) is 7.72. The number of aromatic hydroxyl groups is 2. The molecule has 10 heavy (non-hydrogen) atoms. The first-order valence-corrected chi connectivity index (χ1v) is 2.80. The molecule has 0 fully saturated rings. The number of hydrogen-bond acceptors (Lipinski definition) is 3. The average Bonchev–Trinajstić information content (AvgIpc) is 2.17. The van der Waals surface area contributed by atoms with Crippen molar-refractivity contribution in [3.63, 3.8) is 0 Å². The first-order valence-electron chi connectivity index (χ1n) is 2.80. The van der Waals surface area contributed by atoms with Crippen LogP contribution in [0, 0.1) is 6.92 Å².